The highest BCUT2D eigenvalue weighted by molar-refractivity contribution is 8.01. The lowest BCUT2D eigenvalue weighted by atomic mass is 10.2. The minimum absolute atomic E-state index is 0.108. The second-order valence-corrected chi connectivity index (χ2v) is 7.42. The van der Waals surface area contributed by atoms with Crippen molar-refractivity contribution in [2.75, 3.05) is 17.2 Å². The van der Waals surface area contributed by atoms with Gasteiger partial charge in [-0.2, -0.15) is 5.10 Å². The number of para-hydroxylation sites is 1. The average Bonchev–Trinajstić information content (AvgIpc) is 2.87. The minimum Gasteiger partial charge on any atom is -0.456 e. The standard InChI is InChI=1S/C18H20N4O4S/c1-10-17(11(2)22(3)21-10)20-15(23)9-26-16(24)8-14-18(25)19-12-6-4-5-7-13(12)27-14/h4-7,14H,8-9H2,1-3H3,(H,19,25)(H,20,23)/t14-/m1/s1. The molecule has 2 heterocycles. The third-order valence-electron chi connectivity index (χ3n) is 4.20. The van der Waals surface area contributed by atoms with E-state index in [9.17, 15) is 14.4 Å². The summed E-state index contributed by atoms with van der Waals surface area (Å²) in [5.41, 5.74) is 2.83. The number of ether oxygens (including phenoxy) is 1. The van der Waals surface area contributed by atoms with Crippen LogP contribution in [0, 0.1) is 13.8 Å². The molecule has 2 amide bonds. The number of carbonyl (C=O) groups excluding carboxylic acids is 3. The molecule has 0 saturated heterocycles. The van der Waals surface area contributed by atoms with Gasteiger partial charge in [-0.15, -0.1) is 11.8 Å². The number of hydrogen-bond donors (Lipinski definition) is 2. The number of nitrogens with one attached hydrogen (secondary N) is 2. The summed E-state index contributed by atoms with van der Waals surface area (Å²) in [7, 11) is 1.78. The van der Waals surface area contributed by atoms with Gasteiger partial charge in [-0.1, -0.05) is 12.1 Å². The Labute approximate surface area is 160 Å². The summed E-state index contributed by atoms with van der Waals surface area (Å²) < 4.78 is 6.69. The maximum atomic E-state index is 12.1. The Morgan fingerprint density at radius 1 is 1.33 bits per heavy atom. The molecular formula is C18H20N4O4S. The van der Waals surface area contributed by atoms with E-state index in [-0.39, 0.29) is 12.3 Å². The number of anilines is 2. The van der Waals surface area contributed by atoms with Crippen LogP contribution in [0.15, 0.2) is 29.2 Å². The molecule has 2 N–H and O–H groups in total. The van der Waals surface area contributed by atoms with Crippen molar-refractivity contribution in [2.45, 2.75) is 30.4 Å². The maximum absolute atomic E-state index is 12.1. The third-order valence-corrected chi connectivity index (χ3v) is 5.47. The summed E-state index contributed by atoms with van der Waals surface area (Å²) in [5.74, 6) is -1.30. The van der Waals surface area contributed by atoms with Crippen molar-refractivity contribution in [3.63, 3.8) is 0 Å². The van der Waals surface area contributed by atoms with Crippen LogP contribution in [-0.4, -0.2) is 39.4 Å². The van der Waals surface area contributed by atoms with Crippen LogP contribution < -0.4 is 10.6 Å². The van der Waals surface area contributed by atoms with Crippen LogP contribution in [-0.2, 0) is 26.2 Å². The number of amides is 2. The summed E-state index contributed by atoms with van der Waals surface area (Å²) in [6, 6.07) is 7.38. The predicted octanol–water partition coefficient (Wildman–Crippen LogP) is 2.02. The van der Waals surface area contributed by atoms with Crippen LogP contribution in [0.1, 0.15) is 17.8 Å². The van der Waals surface area contributed by atoms with E-state index < -0.39 is 23.7 Å². The van der Waals surface area contributed by atoms with Crippen LogP contribution in [0.2, 0.25) is 0 Å². The molecule has 9 heteroatoms. The second-order valence-electron chi connectivity index (χ2n) is 6.17. The number of fused-ring (bicyclic) bond motifs is 1. The monoisotopic (exact) mass is 388 g/mol. The first-order valence-electron chi connectivity index (χ1n) is 8.37. The molecule has 27 heavy (non-hydrogen) atoms. The number of thioether (sulfide) groups is 1. The molecular weight excluding hydrogens is 368 g/mol. The SMILES string of the molecule is Cc1nn(C)c(C)c1NC(=O)COC(=O)C[C@H]1Sc2ccccc2NC1=O. The lowest BCUT2D eigenvalue weighted by Crippen LogP contribution is -2.32. The minimum atomic E-state index is -0.600. The molecule has 1 aliphatic rings. The van der Waals surface area contributed by atoms with E-state index in [1.54, 1.807) is 18.7 Å². The van der Waals surface area contributed by atoms with Gasteiger partial charge in [0.25, 0.3) is 5.91 Å². The maximum Gasteiger partial charge on any atom is 0.307 e. The van der Waals surface area contributed by atoms with Gasteiger partial charge in [0.1, 0.15) is 0 Å². The van der Waals surface area contributed by atoms with E-state index >= 15 is 0 Å². The van der Waals surface area contributed by atoms with Crippen molar-refractivity contribution in [1.29, 1.82) is 0 Å². The zero-order valence-corrected chi connectivity index (χ0v) is 16.1. The fourth-order valence-electron chi connectivity index (χ4n) is 2.71. The summed E-state index contributed by atoms with van der Waals surface area (Å²) in [5, 5.41) is 9.09. The van der Waals surface area contributed by atoms with Gasteiger partial charge in [0, 0.05) is 11.9 Å². The average molecular weight is 388 g/mol. The topological polar surface area (TPSA) is 102 Å². The number of hydrogen-bond acceptors (Lipinski definition) is 6. The number of carbonyl (C=O) groups is 3. The largest absolute Gasteiger partial charge is 0.456 e. The molecule has 1 aromatic heterocycles. The molecule has 1 aliphatic heterocycles. The van der Waals surface area contributed by atoms with Gasteiger partial charge in [-0.05, 0) is 26.0 Å². The van der Waals surface area contributed by atoms with Crippen LogP contribution in [0.4, 0.5) is 11.4 Å². The molecule has 2 aromatic rings. The second kappa shape index (κ2) is 7.83. The van der Waals surface area contributed by atoms with Crippen molar-refractivity contribution in [3.8, 4) is 0 Å². The van der Waals surface area contributed by atoms with Crippen LogP contribution in [0.5, 0.6) is 0 Å². The van der Waals surface area contributed by atoms with Crippen molar-refractivity contribution in [3.05, 3.63) is 35.7 Å². The lowest BCUT2D eigenvalue weighted by Gasteiger charge is -2.23. The Balaban J connectivity index is 1.51. The molecule has 0 bridgehead atoms. The molecule has 0 spiro atoms. The van der Waals surface area contributed by atoms with E-state index in [0.29, 0.717) is 11.4 Å². The van der Waals surface area contributed by atoms with E-state index in [4.69, 9.17) is 4.74 Å². The molecule has 0 aliphatic carbocycles. The highest BCUT2D eigenvalue weighted by Crippen LogP contribution is 2.36. The molecule has 0 fully saturated rings. The number of nitrogens with zero attached hydrogens (tertiary/aromatic N) is 2. The highest BCUT2D eigenvalue weighted by Gasteiger charge is 2.29. The first kappa shape index (κ1) is 19.0. The molecule has 3 rings (SSSR count). The fourth-order valence-corrected chi connectivity index (χ4v) is 3.81. The third kappa shape index (κ3) is 4.30. The van der Waals surface area contributed by atoms with Gasteiger partial charge < -0.3 is 15.4 Å². The van der Waals surface area contributed by atoms with Crippen molar-refractivity contribution in [1.82, 2.24) is 9.78 Å². The number of aryl methyl sites for hydroxylation is 2. The van der Waals surface area contributed by atoms with Crippen LogP contribution >= 0.6 is 11.8 Å². The lowest BCUT2D eigenvalue weighted by molar-refractivity contribution is -0.147. The molecule has 0 radical (unpaired) electrons. The number of esters is 1. The summed E-state index contributed by atoms with van der Waals surface area (Å²) >= 11 is 1.31. The van der Waals surface area contributed by atoms with Gasteiger partial charge in [0.05, 0.1) is 34.4 Å². The van der Waals surface area contributed by atoms with Crippen LogP contribution in [0.3, 0.4) is 0 Å². The van der Waals surface area contributed by atoms with Gasteiger partial charge in [-0.25, -0.2) is 0 Å². The molecule has 142 valence electrons. The summed E-state index contributed by atoms with van der Waals surface area (Å²) in [6.45, 7) is 3.20. The summed E-state index contributed by atoms with van der Waals surface area (Å²) in [4.78, 5) is 37.1. The predicted molar refractivity (Wildman–Crippen MR) is 102 cm³/mol. The molecule has 8 nitrogen and oxygen atoms in total. The van der Waals surface area contributed by atoms with Crippen LogP contribution in [0.25, 0.3) is 0 Å². The fraction of sp³-hybridized carbons (Fsp3) is 0.333. The quantitative estimate of drug-likeness (QED) is 0.760. The molecule has 0 unspecified atom stereocenters. The van der Waals surface area contributed by atoms with Crippen molar-refractivity contribution < 1.29 is 19.1 Å². The molecule has 1 atom stereocenters. The van der Waals surface area contributed by atoms with E-state index in [1.165, 1.54) is 11.8 Å². The van der Waals surface area contributed by atoms with Gasteiger partial charge in [0.2, 0.25) is 5.91 Å². The first-order valence-corrected chi connectivity index (χ1v) is 9.25. The Hall–Kier alpha value is -2.81. The summed E-state index contributed by atoms with van der Waals surface area (Å²) in [6.07, 6.45) is -0.108. The van der Waals surface area contributed by atoms with E-state index in [0.717, 1.165) is 16.3 Å². The zero-order chi connectivity index (χ0) is 19.6. The molecule has 1 aromatic carbocycles. The Morgan fingerprint density at radius 3 is 2.78 bits per heavy atom. The van der Waals surface area contributed by atoms with Gasteiger partial charge in [-0.3, -0.25) is 19.1 Å². The Bertz CT molecular complexity index is 909. The van der Waals surface area contributed by atoms with Crippen molar-refractivity contribution in [2.24, 2.45) is 7.05 Å². The molecule has 0 saturated carbocycles. The van der Waals surface area contributed by atoms with Gasteiger partial charge in [0.15, 0.2) is 6.61 Å². The number of rotatable bonds is 5. The number of benzene rings is 1. The Kier molecular flexibility index (Phi) is 5.50. The highest BCUT2D eigenvalue weighted by atomic mass is 32.2. The Morgan fingerprint density at radius 2 is 2.07 bits per heavy atom. The van der Waals surface area contributed by atoms with E-state index in [2.05, 4.69) is 15.7 Å². The smallest absolute Gasteiger partial charge is 0.307 e. The van der Waals surface area contributed by atoms with Crippen molar-refractivity contribution >= 4 is 40.9 Å². The number of aromatic nitrogens is 2. The zero-order valence-electron chi connectivity index (χ0n) is 15.2. The van der Waals surface area contributed by atoms with Gasteiger partial charge >= 0.3 is 5.97 Å². The normalized spacial score (nSPS) is 15.7. The first-order chi connectivity index (χ1) is 12.8. The van der Waals surface area contributed by atoms with E-state index in [1.807, 2.05) is 31.2 Å².